The van der Waals surface area contributed by atoms with Gasteiger partial charge in [0.2, 0.25) is 20.0 Å². The number of sulfonamides is 2. The van der Waals surface area contributed by atoms with E-state index < -0.39 is 25.6 Å². The Morgan fingerprint density at radius 2 is 1.43 bits per heavy atom. The minimum absolute atomic E-state index is 0.00518. The van der Waals surface area contributed by atoms with Crippen molar-refractivity contribution < 1.29 is 26.0 Å². The summed E-state index contributed by atoms with van der Waals surface area (Å²) in [7, 11) is -7.61. The molecule has 2 aromatic heterocycles. The zero-order valence-electron chi connectivity index (χ0n) is 22.4. The number of aromatic amines is 1. The molecule has 2 aromatic carbocycles. The Kier molecular flexibility index (Phi) is 7.65. The second-order valence-electron chi connectivity index (χ2n) is 10.2. The van der Waals surface area contributed by atoms with Crippen LogP contribution in [-0.2, 0) is 31.3 Å². The molecular formula is C26H28FN7O6S2. The number of rotatable bonds is 7. The monoisotopic (exact) mass is 617 g/mol. The van der Waals surface area contributed by atoms with Crippen molar-refractivity contribution in [1.82, 2.24) is 33.6 Å². The molecule has 6 rings (SSSR count). The minimum Gasteiger partial charge on any atom is -0.379 e. The van der Waals surface area contributed by atoms with Gasteiger partial charge in [-0.3, -0.25) is 4.79 Å². The maximum absolute atomic E-state index is 13.4. The molecule has 0 spiro atoms. The van der Waals surface area contributed by atoms with Gasteiger partial charge in [-0.25, -0.2) is 30.9 Å². The van der Waals surface area contributed by atoms with Gasteiger partial charge in [-0.1, -0.05) is 17.3 Å². The number of H-pyrrole nitrogens is 1. The quantitative estimate of drug-likeness (QED) is 0.322. The van der Waals surface area contributed by atoms with E-state index in [0.717, 1.165) is 5.56 Å². The molecule has 2 fully saturated rings. The highest BCUT2D eigenvalue weighted by molar-refractivity contribution is 7.89. The molecule has 0 bridgehead atoms. The first-order valence-corrected chi connectivity index (χ1v) is 16.3. The summed E-state index contributed by atoms with van der Waals surface area (Å²) in [4.78, 5) is 20.2. The fraction of sp³-hybridized carbons (Fsp3) is 0.385. The van der Waals surface area contributed by atoms with Crippen molar-refractivity contribution in [3.63, 3.8) is 0 Å². The number of halogens is 1. The molecule has 16 heteroatoms. The molecule has 42 heavy (non-hydrogen) atoms. The predicted molar refractivity (Wildman–Crippen MR) is 148 cm³/mol. The first-order valence-electron chi connectivity index (χ1n) is 13.4. The topological polar surface area (TPSA) is 160 Å². The molecule has 2 saturated heterocycles. The number of morpholine rings is 1. The van der Waals surface area contributed by atoms with Gasteiger partial charge >= 0.3 is 0 Å². The molecule has 0 atom stereocenters. The average Bonchev–Trinajstić information content (AvgIpc) is 3.42. The fourth-order valence-corrected chi connectivity index (χ4v) is 8.06. The van der Waals surface area contributed by atoms with E-state index >= 15 is 0 Å². The molecule has 0 radical (unpaired) electrons. The highest BCUT2D eigenvalue weighted by atomic mass is 32.2. The molecule has 4 aromatic rings. The molecule has 13 nitrogen and oxygen atoms in total. The second kappa shape index (κ2) is 11.3. The Labute approximate surface area is 241 Å². The summed E-state index contributed by atoms with van der Waals surface area (Å²) in [6.45, 7) is 1.75. The number of hydrogen-bond donors (Lipinski definition) is 1. The summed E-state index contributed by atoms with van der Waals surface area (Å²) in [5.41, 5.74) is 0.694. The smallest absolute Gasteiger partial charge is 0.281 e. The Balaban J connectivity index is 1.16. The van der Waals surface area contributed by atoms with Gasteiger partial charge in [-0.05, 0) is 54.8 Å². The van der Waals surface area contributed by atoms with E-state index in [1.165, 1.54) is 49.7 Å². The number of nitrogens with zero attached hydrogens (tertiary/aromatic N) is 6. The van der Waals surface area contributed by atoms with Crippen molar-refractivity contribution in [2.24, 2.45) is 0 Å². The van der Waals surface area contributed by atoms with E-state index in [9.17, 15) is 26.0 Å². The molecule has 0 unspecified atom stereocenters. The first-order chi connectivity index (χ1) is 20.1. The first kappa shape index (κ1) is 28.5. The SMILES string of the molecule is O=c1[nH]c(C2CCN(S(=O)(=O)c3ccc(S(=O)(=O)N4CCOCC4)cc3)CC2)nc2c1nnn2Cc1ccc(F)cc1. The van der Waals surface area contributed by atoms with Crippen LogP contribution in [0.4, 0.5) is 4.39 Å². The van der Waals surface area contributed by atoms with Crippen LogP contribution in [0, 0.1) is 5.82 Å². The third-order valence-electron chi connectivity index (χ3n) is 7.55. The number of piperidine rings is 1. The number of fused-ring (bicyclic) bond motifs is 1. The molecule has 4 heterocycles. The second-order valence-corrected chi connectivity index (χ2v) is 14.0. The van der Waals surface area contributed by atoms with Crippen LogP contribution in [0.25, 0.3) is 11.2 Å². The molecule has 222 valence electrons. The van der Waals surface area contributed by atoms with Crippen LogP contribution < -0.4 is 5.56 Å². The van der Waals surface area contributed by atoms with Gasteiger partial charge in [-0.2, -0.15) is 8.61 Å². The van der Waals surface area contributed by atoms with Gasteiger partial charge in [0.15, 0.2) is 11.2 Å². The molecular weight excluding hydrogens is 589 g/mol. The molecule has 2 aliphatic rings. The lowest BCUT2D eigenvalue weighted by Crippen LogP contribution is -2.40. The molecule has 0 amide bonds. The van der Waals surface area contributed by atoms with Crippen LogP contribution in [0.3, 0.4) is 0 Å². The number of nitrogens with one attached hydrogen (secondary N) is 1. The molecule has 1 N–H and O–H groups in total. The predicted octanol–water partition coefficient (Wildman–Crippen LogP) is 1.29. The zero-order chi connectivity index (χ0) is 29.5. The van der Waals surface area contributed by atoms with Crippen molar-refractivity contribution >= 4 is 31.2 Å². The summed E-state index contributed by atoms with van der Waals surface area (Å²) >= 11 is 0. The Bertz CT molecular complexity index is 1860. The van der Waals surface area contributed by atoms with Crippen molar-refractivity contribution in [3.8, 4) is 0 Å². The van der Waals surface area contributed by atoms with E-state index in [4.69, 9.17) is 4.74 Å². The van der Waals surface area contributed by atoms with Gasteiger partial charge in [0.05, 0.1) is 29.5 Å². The molecule has 0 saturated carbocycles. The largest absolute Gasteiger partial charge is 0.379 e. The highest BCUT2D eigenvalue weighted by Crippen LogP contribution is 2.30. The maximum Gasteiger partial charge on any atom is 0.281 e. The summed E-state index contributed by atoms with van der Waals surface area (Å²) < 4.78 is 75.2. The van der Waals surface area contributed by atoms with Gasteiger partial charge in [0.1, 0.15) is 11.6 Å². The third-order valence-corrected chi connectivity index (χ3v) is 11.4. The summed E-state index contributed by atoms with van der Waals surface area (Å²) in [5, 5.41) is 7.99. The fourth-order valence-electron chi connectivity index (χ4n) is 5.18. The van der Waals surface area contributed by atoms with Gasteiger partial charge in [0, 0.05) is 32.1 Å². The van der Waals surface area contributed by atoms with E-state index in [1.807, 2.05) is 0 Å². The summed E-state index contributed by atoms with van der Waals surface area (Å²) in [5.74, 6) is -0.144. The Morgan fingerprint density at radius 3 is 2.02 bits per heavy atom. The van der Waals surface area contributed by atoms with Gasteiger partial charge < -0.3 is 9.72 Å². The van der Waals surface area contributed by atoms with Crippen LogP contribution in [0.5, 0.6) is 0 Å². The highest BCUT2D eigenvalue weighted by Gasteiger charge is 2.32. The van der Waals surface area contributed by atoms with Crippen LogP contribution in [0.15, 0.2) is 63.1 Å². The van der Waals surface area contributed by atoms with E-state index in [1.54, 1.807) is 12.1 Å². The normalized spacial score (nSPS) is 18.0. The number of benzene rings is 2. The van der Waals surface area contributed by atoms with Crippen molar-refractivity contribution in [1.29, 1.82) is 0 Å². The number of hydrogen-bond acceptors (Lipinski definition) is 9. The minimum atomic E-state index is -3.87. The van der Waals surface area contributed by atoms with Crippen LogP contribution in [-0.4, -0.2) is 89.8 Å². The summed E-state index contributed by atoms with van der Waals surface area (Å²) in [6.07, 6.45) is 0.827. The maximum atomic E-state index is 13.4. The lowest BCUT2D eigenvalue weighted by atomic mass is 9.97. The van der Waals surface area contributed by atoms with Crippen molar-refractivity contribution in [2.75, 3.05) is 39.4 Å². The van der Waals surface area contributed by atoms with Crippen molar-refractivity contribution in [3.05, 3.63) is 76.1 Å². The Hall–Kier alpha value is -3.57. The van der Waals surface area contributed by atoms with Crippen LogP contribution in [0.1, 0.15) is 30.1 Å². The molecule has 0 aliphatic carbocycles. The van der Waals surface area contributed by atoms with E-state index in [0.29, 0.717) is 37.5 Å². The summed E-state index contributed by atoms with van der Waals surface area (Å²) in [6, 6.07) is 11.2. The van der Waals surface area contributed by atoms with Crippen LogP contribution >= 0.6 is 0 Å². The lowest BCUT2D eigenvalue weighted by Gasteiger charge is -2.30. The van der Waals surface area contributed by atoms with Crippen molar-refractivity contribution in [2.45, 2.75) is 35.1 Å². The number of aromatic nitrogens is 5. The third kappa shape index (κ3) is 5.47. The van der Waals surface area contributed by atoms with E-state index in [2.05, 4.69) is 20.3 Å². The standard InChI is InChI=1S/C26H28FN7O6S2/c27-20-3-1-18(2-4-20)17-34-25-23(30-31-34)26(35)29-24(28-25)19-9-11-32(12-10-19)41(36,37)21-5-7-22(8-6-21)42(38,39)33-13-15-40-16-14-33/h1-8,19H,9-17H2,(H,28,29,35). The van der Waals surface area contributed by atoms with E-state index in [-0.39, 0.29) is 59.8 Å². The van der Waals surface area contributed by atoms with Gasteiger partial charge in [-0.15, -0.1) is 5.10 Å². The Morgan fingerprint density at radius 1 is 0.857 bits per heavy atom. The zero-order valence-corrected chi connectivity index (χ0v) is 24.0. The van der Waals surface area contributed by atoms with Crippen LogP contribution in [0.2, 0.25) is 0 Å². The average molecular weight is 618 g/mol. The number of ether oxygens (including phenoxy) is 1. The lowest BCUT2D eigenvalue weighted by molar-refractivity contribution is 0.0730. The molecule has 2 aliphatic heterocycles. The van der Waals surface area contributed by atoms with Gasteiger partial charge in [0.25, 0.3) is 5.56 Å².